The van der Waals surface area contributed by atoms with Gasteiger partial charge in [0.2, 0.25) is 11.7 Å². The van der Waals surface area contributed by atoms with Crippen molar-refractivity contribution in [3.8, 4) is 17.2 Å². The van der Waals surface area contributed by atoms with Crippen LogP contribution >= 0.6 is 11.8 Å². The first-order valence-corrected chi connectivity index (χ1v) is 13.4. The quantitative estimate of drug-likeness (QED) is 0.200. The lowest BCUT2D eigenvalue weighted by Crippen LogP contribution is -2.44. The number of para-hydroxylation sites is 1. The van der Waals surface area contributed by atoms with Gasteiger partial charge in [0, 0.05) is 24.7 Å². The number of non-ortho nitro benzene ring substituents is 1. The molecule has 1 saturated heterocycles. The van der Waals surface area contributed by atoms with E-state index in [-0.39, 0.29) is 33.6 Å². The number of ether oxygens (including phenoxy) is 2. The van der Waals surface area contributed by atoms with Crippen LogP contribution in [0, 0.1) is 20.2 Å². The molecule has 214 valence electrons. The number of nitro groups is 2. The summed E-state index contributed by atoms with van der Waals surface area (Å²) in [7, 11) is 1.34. The van der Waals surface area contributed by atoms with Crippen LogP contribution in [0.4, 0.5) is 16.2 Å². The fraction of sp³-hybridized carbons (Fsp3) is 0.179. The van der Waals surface area contributed by atoms with E-state index >= 15 is 0 Å². The molecule has 3 aromatic rings. The zero-order valence-electron chi connectivity index (χ0n) is 22.1. The monoisotopic (exact) mass is 590 g/mol. The van der Waals surface area contributed by atoms with E-state index in [9.17, 15) is 34.6 Å². The van der Waals surface area contributed by atoms with Crippen molar-refractivity contribution in [1.29, 1.82) is 0 Å². The van der Waals surface area contributed by atoms with Crippen LogP contribution in [0.3, 0.4) is 0 Å². The Morgan fingerprint density at radius 2 is 1.76 bits per heavy atom. The number of rotatable bonds is 8. The lowest BCUT2D eigenvalue weighted by Gasteiger charge is -2.29. The van der Waals surface area contributed by atoms with E-state index in [4.69, 9.17) is 9.47 Å². The van der Waals surface area contributed by atoms with Gasteiger partial charge >= 0.3 is 5.69 Å². The largest absolute Gasteiger partial charge is 0.493 e. The summed E-state index contributed by atoms with van der Waals surface area (Å²) >= 11 is 0.644. The lowest BCUT2D eigenvalue weighted by atomic mass is 10.00. The third kappa shape index (κ3) is 5.65. The summed E-state index contributed by atoms with van der Waals surface area (Å²) in [6.07, 6.45) is 2.04. The van der Waals surface area contributed by atoms with Gasteiger partial charge in [-0.25, -0.2) is 0 Å². The highest BCUT2D eigenvalue weighted by molar-refractivity contribution is 8.18. The Kier molecular flexibility index (Phi) is 7.88. The molecule has 13 nitrogen and oxygen atoms in total. The molecule has 3 amide bonds. The molecule has 0 spiro atoms. The van der Waals surface area contributed by atoms with Crippen molar-refractivity contribution in [1.82, 2.24) is 9.80 Å². The summed E-state index contributed by atoms with van der Waals surface area (Å²) in [5.41, 5.74) is 1.27. The number of carbonyl (C=O) groups excluding carboxylic acids is 3. The van der Waals surface area contributed by atoms with Crippen LogP contribution in [-0.2, 0) is 22.6 Å². The van der Waals surface area contributed by atoms with Crippen LogP contribution in [0.2, 0.25) is 0 Å². The van der Waals surface area contributed by atoms with Gasteiger partial charge in [-0.05, 0) is 47.5 Å². The predicted octanol–water partition coefficient (Wildman–Crippen LogP) is 4.93. The molecule has 0 aliphatic carbocycles. The number of carbonyl (C=O) groups is 3. The predicted molar refractivity (Wildman–Crippen MR) is 151 cm³/mol. The number of thioether (sulfide) groups is 1. The minimum Gasteiger partial charge on any atom is -0.493 e. The number of nitrogens with zero attached hydrogens (tertiary/aromatic N) is 4. The number of benzene rings is 3. The van der Waals surface area contributed by atoms with Gasteiger partial charge in [0.15, 0.2) is 11.5 Å². The SMILES string of the molecule is COc1cccc(/C=C2/SC(=O)N(CC(=O)N3CCc4ccccc4C3)C2=O)c1Oc1ccc([N+](=O)[O-])cc1[N+](=O)[O-]. The molecule has 0 saturated carbocycles. The third-order valence-corrected chi connectivity index (χ3v) is 7.64. The standard InChI is InChI=1S/C28H22N4O9S/c1-40-23-8-4-7-18(26(23)41-22-10-9-20(31(36)37)14-21(22)32(38)39)13-24-27(34)30(28(35)42-24)16-25(33)29-12-11-17-5-2-3-6-19(17)15-29/h2-10,13-14H,11-12,15-16H2,1H3/b24-13+. The summed E-state index contributed by atoms with van der Waals surface area (Å²) in [6.45, 7) is 0.447. The molecule has 1 fully saturated rings. The van der Waals surface area contributed by atoms with Crippen LogP contribution in [0.25, 0.3) is 6.08 Å². The van der Waals surface area contributed by atoms with Gasteiger partial charge in [-0.15, -0.1) is 0 Å². The first kappa shape index (κ1) is 28.3. The zero-order valence-corrected chi connectivity index (χ0v) is 22.9. The molecule has 5 rings (SSSR count). The maximum Gasteiger partial charge on any atom is 0.318 e. The number of amides is 3. The molecule has 0 unspecified atom stereocenters. The summed E-state index contributed by atoms with van der Waals surface area (Å²) in [5, 5.41) is 22.1. The van der Waals surface area contributed by atoms with Crippen LogP contribution in [0.5, 0.6) is 17.2 Å². The molecule has 42 heavy (non-hydrogen) atoms. The fourth-order valence-corrected chi connectivity index (χ4v) is 5.43. The van der Waals surface area contributed by atoms with E-state index in [0.717, 1.165) is 34.2 Å². The summed E-state index contributed by atoms with van der Waals surface area (Å²) in [5.74, 6) is -1.20. The first-order valence-electron chi connectivity index (χ1n) is 12.5. The maximum absolute atomic E-state index is 13.2. The minimum absolute atomic E-state index is 0.00749. The van der Waals surface area contributed by atoms with E-state index in [0.29, 0.717) is 31.3 Å². The normalized spacial score (nSPS) is 15.5. The van der Waals surface area contributed by atoms with Gasteiger partial charge in [-0.1, -0.05) is 36.4 Å². The number of fused-ring (bicyclic) bond motifs is 1. The van der Waals surface area contributed by atoms with Crippen LogP contribution in [-0.4, -0.2) is 56.9 Å². The first-order chi connectivity index (χ1) is 20.2. The Hall–Kier alpha value is -5.24. The molecule has 2 heterocycles. The van der Waals surface area contributed by atoms with E-state index in [2.05, 4.69) is 0 Å². The Morgan fingerprint density at radius 3 is 2.48 bits per heavy atom. The Morgan fingerprint density at radius 1 is 1.00 bits per heavy atom. The Bertz CT molecular complexity index is 1670. The molecule has 14 heteroatoms. The molecule has 0 aromatic heterocycles. The molecular weight excluding hydrogens is 568 g/mol. The van der Waals surface area contributed by atoms with Crippen molar-refractivity contribution >= 4 is 46.3 Å². The molecule has 2 aliphatic rings. The highest BCUT2D eigenvalue weighted by atomic mass is 32.2. The number of nitro benzene ring substituents is 2. The van der Waals surface area contributed by atoms with Gasteiger partial charge in [0.25, 0.3) is 16.8 Å². The zero-order chi connectivity index (χ0) is 30.0. The second-order valence-electron chi connectivity index (χ2n) is 9.25. The average Bonchev–Trinajstić information content (AvgIpc) is 3.24. The molecule has 0 radical (unpaired) electrons. The van der Waals surface area contributed by atoms with Crippen molar-refractivity contribution in [2.24, 2.45) is 0 Å². The van der Waals surface area contributed by atoms with Gasteiger partial charge in [0.1, 0.15) is 6.54 Å². The molecule has 3 aromatic carbocycles. The van der Waals surface area contributed by atoms with E-state index in [1.54, 1.807) is 17.0 Å². The molecule has 2 aliphatic heterocycles. The second-order valence-corrected chi connectivity index (χ2v) is 10.2. The highest BCUT2D eigenvalue weighted by Gasteiger charge is 2.38. The van der Waals surface area contributed by atoms with Crippen molar-refractivity contribution < 1.29 is 33.7 Å². The minimum atomic E-state index is -0.819. The van der Waals surface area contributed by atoms with E-state index < -0.39 is 38.9 Å². The second kappa shape index (κ2) is 11.7. The van der Waals surface area contributed by atoms with Crippen LogP contribution < -0.4 is 9.47 Å². The molecule has 0 bridgehead atoms. The highest BCUT2D eigenvalue weighted by Crippen LogP contribution is 2.42. The summed E-state index contributed by atoms with van der Waals surface area (Å²) in [6, 6.07) is 15.3. The number of methoxy groups -OCH3 is 1. The summed E-state index contributed by atoms with van der Waals surface area (Å²) in [4.78, 5) is 62.7. The van der Waals surface area contributed by atoms with Crippen molar-refractivity contribution in [2.75, 3.05) is 20.2 Å². The Labute approximate surface area is 242 Å². The van der Waals surface area contributed by atoms with Crippen LogP contribution in [0.1, 0.15) is 16.7 Å². The number of hydrogen-bond donors (Lipinski definition) is 0. The van der Waals surface area contributed by atoms with Gasteiger partial charge in [0.05, 0.1) is 27.9 Å². The average molecular weight is 591 g/mol. The number of hydrogen-bond acceptors (Lipinski definition) is 10. The number of imide groups is 1. The molecular formula is C28H22N4O9S. The van der Waals surface area contributed by atoms with Gasteiger partial charge in [-0.3, -0.25) is 39.5 Å². The van der Waals surface area contributed by atoms with Crippen LogP contribution in [0.15, 0.2) is 65.6 Å². The van der Waals surface area contributed by atoms with Crippen molar-refractivity contribution in [2.45, 2.75) is 13.0 Å². The Balaban J connectivity index is 1.39. The smallest absolute Gasteiger partial charge is 0.318 e. The molecule has 0 atom stereocenters. The maximum atomic E-state index is 13.2. The van der Waals surface area contributed by atoms with Crippen molar-refractivity contribution in [3.05, 3.63) is 102 Å². The summed E-state index contributed by atoms with van der Waals surface area (Å²) < 4.78 is 11.2. The fourth-order valence-electron chi connectivity index (χ4n) is 4.60. The lowest BCUT2D eigenvalue weighted by molar-refractivity contribution is -0.394. The topological polar surface area (TPSA) is 162 Å². The van der Waals surface area contributed by atoms with Gasteiger partial charge < -0.3 is 14.4 Å². The van der Waals surface area contributed by atoms with E-state index in [1.807, 2.05) is 24.3 Å². The third-order valence-electron chi connectivity index (χ3n) is 6.73. The van der Waals surface area contributed by atoms with E-state index in [1.165, 1.54) is 19.3 Å². The molecule has 0 N–H and O–H groups in total. The van der Waals surface area contributed by atoms with Gasteiger partial charge in [-0.2, -0.15) is 0 Å². The van der Waals surface area contributed by atoms with Crippen molar-refractivity contribution in [3.63, 3.8) is 0 Å².